The Morgan fingerprint density at radius 1 is 1.38 bits per heavy atom. The summed E-state index contributed by atoms with van der Waals surface area (Å²) in [6.07, 6.45) is 0. The van der Waals surface area contributed by atoms with Gasteiger partial charge in [0, 0.05) is 12.6 Å². The topological polar surface area (TPSA) is 24.5 Å². The van der Waals surface area contributed by atoms with Crippen molar-refractivity contribution in [1.82, 2.24) is 10.2 Å². The predicted octanol–water partition coefficient (Wildman–Crippen LogP) is 1.83. The number of ether oxygens (including phenoxy) is 1. The third-order valence-electron chi connectivity index (χ3n) is 2.75. The van der Waals surface area contributed by atoms with Crippen molar-refractivity contribution in [3.05, 3.63) is 29.3 Å². The highest BCUT2D eigenvalue weighted by molar-refractivity contribution is 5.36. The molecule has 0 aliphatic rings. The first kappa shape index (κ1) is 13.0. The number of benzene rings is 1. The number of hydrogen-bond acceptors (Lipinski definition) is 3. The molecular formula is C13H22N2O. The number of hydrogen-bond donors (Lipinski definition) is 1. The van der Waals surface area contributed by atoms with Gasteiger partial charge in [0.25, 0.3) is 0 Å². The summed E-state index contributed by atoms with van der Waals surface area (Å²) < 4.78 is 5.21. The molecule has 0 aromatic heterocycles. The maximum atomic E-state index is 5.21. The van der Waals surface area contributed by atoms with E-state index in [0.717, 1.165) is 12.3 Å². The zero-order valence-electron chi connectivity index (χ0n) is 10.9. The van der Waals surface area contributed by atoms with Gasteiger partial charge in [0.2, 0.25) is 0 Å². The molecule has 90 valence electrons. The minimum atomic E-state index is 0.362. The second-order valence-corrected chi connectivity index (χ2v) is 4.33. The molecule has 3 heteroatoms. The summed E-state index contributed by atoms with van der Waals surface area (Å²) in [5, 5.41) is 3.35. The van der Waals surface area contributed by atoms with E-state index in [1.54, 1.807) is 7.11 Å². The third-order valence-corrected chi connectivity index (χ3v) is 2.75. The van der Waals surface area contributed by atoms with E-state index in [1.165, 1.54) is 11.1 Å². The lowest BCUT2D eigenvalue weighted by atomic mass is 10.0. The molecule has 1 aromatic rings. The highest BCUT2D eigenvalue weighted by Gasteiger charge is 2.12. The lowest BCUT2D eigenvalue weighted by Crippen LogP contribution is -2.29. The summed E-state index contributed by atoms with van der Waals surface area (Å²) in [4.78, 5) is 2.19. The SMILES string of the molecule is CNC(CN(C)C)c1ccc(OC)cc1C. The molecule has 0 aliphatic carbocycles. The molecule has 0 spiro atoms. The van der Waals surface area contributed by atoms with Crippen molar-refractivity contribution in [3.63, 3.8) is 0 Å². The zero-order valence-corrected chi connectivity index (χ0v) is 10.9. The number of nitrogens with one attached hydrogen (secondary N) is 1. The van der Waals surface area contributed by atoms with E-state index < -0.39 is 0 Å². The van der Waals surface area contributed by atoms with Crippen LogP contribution in [0, 0.1) is 6.92 Å². The fraction of sp³-hybridized carbons (Fsp3) is 0.538. The second-order valence-electron chi connectivity index (χ2n) is 4.33. The Morgan fingerprint density at radius 2 is 2.06 bits per heavy atom. The van der Waals surface area contributed by atoms with Gasteiger partial charge in [-0.1, -0.05) is 6.07 Å². The lowest BCUT2D eigenvalue weighted by molar-refractivity contribution is 0.351. The third kappa shape index (κ3) is 3.22. The largest absolute Gasteiger partial charge is 0.497 e. The van der Waals surface area contributed by atoms with Gasteiger partial charge in [-0.2, -0.15) is 0 Å². The smallest absolute Gasteiger partial charge is 0.119 e. The highest BCUT2D eigenvalue weighted by Crippen LogP contribution is 2.22. The predicted molar refractivity (Wildman–Crippen MR) is 68.1 cm³/mol. The molecule has 0 bridgehead atoms. The normalized spacial score (nSPS) is 12.9. The summed E-state index contributed by atoms with van der Waals surface area (Å²) in [6, 6.07) is 6.59. The number of likely N-dealkylation sites (N-methyl/N-ethyl adjacent to an activating group) is 2. The lowest BCUT2D eigenvalue weighted by Gasteiger charge is -2.22. The molecule has 16 heavy (non-hydrogen) atoms. The van der Waals surface area contributed by atoms with E-state index >= 15 is 0 Å². The second kappa shape index (κ2) is 5.87. The van der Waals surface area contributed by atoms with Crippen LogP contribution in [0.25, 0.3) is 0 Å². The summed E-state index contributed by atoms with van der Waals surface area (Å²) in [7, 11) is 7.87. The van der Waals surface area contributed by atoms with Crippen molar-refractivity contribution >= 4 is 0 Å². The Labute approximate surface area is 98.4 Å². The van der Waals surface area contributed by atoms with Crippen molar-refractivity contribution < 1.29 is 4.74 Å². The molecule has 1 unspecified atom stereocenters. The van der Waals surface area contributed by atoms with Crippen LogP contribution in [-0.2, 0) is 0 Å². The van der Waals surface area contributed by atoms with E-state index in [2.05, 4.69) is 43.4 Å². The van der Waals surface area contributed by atoms with Crippen molar-refractivity contribution in [1.29, 1.82) is 0 Å². The number of rotatable bonds is 5. The van der Waals surface area contributed by atoms with E-state index in [4.69, 9.17) is 4.74 Å². The Hall–Kier alpha value is -1.06. The van der Waals surface area contributed by atoms with Crippen molar-refractivity contribution in [3.8, 4) is 5.75 Å². The van der Waals surface area contributed by atoms with Gasteiger partial charge in [-0.25, -0.2) is 0 Å². The van der Waals surface area contributed by atoms with Gasteiger partial charge in [-0.05, 0) is 51.3 Å². The van der Waals surface area contributed by atoms with E-state index in [-0.39, 0.29) is 0 Å². The quantitative estimate of drug-likeness (QED) is 0.822. The van der Waals surface area contributed by atoms with Gasteiger partial charge in [0.15, 0.2) is 0 Å². The van der Waals surface area contributed by atoms with Crippen molar-refractivity contribution in [2.45, 2.75) is 13.0 Å². The maximum absolute atomic E-state index is 5.21. The molecule has 0 saturated heterocycles. The first-order chi connectivity index (χ1) is 7.58. The maximum Gasteiger partial charge on any atom is 0.119 e. The first-order valence-electron chi connectivity index (χ1n) is 5.55. The molecule has 0 heterocycles. The van der Waals surface area contributed by atoms with Crippen LogP contribution in [0.1, 0.15) is 17.2 Å². The monoisotopic (exact) mass is 222 g/mol. The zero-order chi connectivity index (χ0) is 12.1. The average Bonchev–Trinajstić information content (AvgIpc) is 2.25. The standard InChI is InChI=1S/C13H22N2O/c1-10-8-11(16-5)6-7-12(10)13(14-2)9-15(3)4/h6-8,13-14H,9H2,1-5H3. The van der Waals surface area contributed by atoms with Crippen LogP contribution in [0.15, 0.2) is 18.2 Å². The van der Waals surface area contributed by atoms with Crippen LogP contribution in [-0.4, -0.2) is 39.7 Å². The van der Waals surface area contributed by atoms with Crippen LogP contribution < -0.4 is 10.1 Å². The average molecular weight is 222 g/mol. The molecule has 1 atom stereocenters. The van der Waals surface area contributed by atoms with Gasteiger partial charge in [0.1, 0.15) is 5.75 Å². The Bertz CT molecular complexity index is 337. The van der Waals surface area contributed by atoms with Gasteiger partial charge >= 0.3 is 0 Å². The van der Waals surface area contributed by atoms with Gasteiger partial charge in [0.05, 0.1) is 7.11 Å². The highest BCUT2D eigenvalue weighted by atomic mass is 16.5. The number of aryl methyl sites for hydroxylation is 1. The van der Waals surface area contributed by atoms with Crippen LogP contribution in [0.5, 0.6) is 5.75 Å². The Morgan fingerprint density at radius 3 is 2.50 bits per heavy atom. The van der Waals surface area contributed by atoms with Crippen molar-refractivity contribution in [2.24, 2.45) is 0 Å². The van der Waals surface area contributed by atoms with Gasteiger partial charge in [-0.15, -0.1) is 0 Å². The summed E-state index contributed by atoms with van der Waals surface area (Å²) in [5.74, 6) is 0.918. The molecule has 1 rings (SSSR count). The van der Waals surface area contributed by atoms with Crippen LogP contribution in [0.2, 0.25) is 0 Å². The fourth-order valence-corrected chi connectivity index (χ4v) is 1.88. The Balaban J connectivity index is 2.92. The summed E-state index contributed by atoms with van der Waals surface area (Å²) >= 11 is 0. The summed E-state index contributed by atoms with van der Waals surface area (Å²) in [6.45, 7) is 3.11. The molecule has 1 aromatic carbocycles. The van der Waals surface area contributed by atoms with Gasteiger partial charge in [-0.3, -0.25) is 0 Å². The molecule has 0 amide bonds. The number of nitrogens with zero attached hydrogens (tertiary/aromatic N) is 1. The van der Waals surface area contributed by atoms with E-state index in [1.807, 2.05) is 13.1 Å². The van der Waals surface area contributed by atoms with Crippen molar-refractivity contribution in [2.75, 3.05) is 34.8 Å². The number of methoxy groups -OCH3 is 1. The molecule has 0 aliphatic heterocycles. The summed E-state index contributed by atoms with van der Waals surface area (Å²) in [5.41, 5.74) is 2.59. The van der Waals surface area contributed by atoms with Crippen LogP contribution in [0.3, 0.4) is 0 Å². The molecule has 0 fully saturated rings. The van der Waals surface area contributed by atoms with E-state index in [0.29, 0.717) is 6.04 Å². The molecule has 0 radical (unpaired) electrons. The minimum absolute atomic E-state index is 0.362. The molecule has 3 nitrogen and oxygen atoms in total. The molecule has 1 N–H and O–H groups in total. The van der Waals surface area contributed by atoms with Crippen LogP contribution in [0.4, 0.5) is 0 Å². The fourth-order valence-electron chi connectivity index (χ4n) is 1.88. The minimum Gasteiger partial charge on any atom is -0.497 e. The molecular weight excluding hydrogens is 200 g/mol. The Kier molecular flexibility index (Phi) is 4.77. The van der Waals surface area contributed by atoms with Crippen LogP contribution >= 0.6 is 0 Å². The molecule has 0 saturated carbocycles. The van der Waals surface area contributed by atoms with Gasteiger partial charge < -0.3 is 15.0 Å². The van der Waals surface area contributed by atoms with E-state index in [9.17, 15) is 0 Å². The first-order valence-corrected chi connectivity index (χ1v) is 5.55.